The zero-order chi connectivity index (χ0) is 12.6. The molecule has 0 heterocycles. The van der Waals surface area contributed by atoms with Gasteiger partial charge in [0.15, 0.2) is 0 Å². The van der Waals surface area contributed by atoms with Gasteiger partial charge in [0, 0.05) is 0 Å². The van der Waals surface area contributed by atoms with Gasteiger partial charge in [0.2, 0.25) is 0 Å². The molecule has 0 saturated carbocycles. The van der Waals surface area contributed by atoms with Gasteiger partial charge in [-0.15, -0.1) is 0 Å². The highest BCUT2D eigenvalue weighted by Gasteiger charge is 1.89. The summed E-state index contributed by atoms with van der Waals surface area (Å²) >= 11 is 0. The van der Waals surface area contributed by atoms with Gasteiger partial charge in [-0.3, -0.25) is 0 Å². The van der Waals surface area contributed by atoms with E-state index < -0.39 is 0 Å². The Hall–Kier alpha value is -0.520. The molecule has 0 heteroatoms. The van der Waals surface area contributed by atoms with Gasteiger partial charge in [-0.25, -0.2) is 0 Å². The lowest BCUT2D eigenvalue weighted by molar-refractivity contribution is 0.599. The summed E-state index contributed by atoms with van der Waals surface area (Å²) in [6.07, 6.45) is 23.5. The number of allylic oxidation sites excluding steroid dienone is 4. The average Bonchev–Trinajstić information content (AvgIpc) is 2.35. The van der Waals surface area contributed by atoms with Crippen molar-refractivity contribution >= 4 is 0 Å². The molecule has 0 bridgehead atoms. The van der Waals surface area contributed by atoms with Gasteiger partial charge >= 0.3 is 0 Å². The smallest absolute Gasteiger partial charge is 0.0348 e. The summed E-state index contributed by atoms with van der Waals surface area (Å²) < 4.78 is 0. The Bertz CT molecular complexity index is 176. The Morgan fingerprint density at radius 1 is 0.647 bits per heavy atom. The van der Waals surface area contributed by atoms with E-state index in [2.05, 4.69) is 38.2 Å². The molecule has 1 radical (unpaired) electrons. The van der Waals surface area contributed by atoms with Crippen LogP contribution in [0.3, 0.4) is 0 Å². The fraction of sp³-hybridized carbons (Fsp3) is 0.706. The van der Waals surface area contributed by atoms with Gasteiger partial charge in [0.25, 0.3) is 0 Å². The van der Waals surface area contributed by atoms with Crippen molar-refractivity contribution in [2.75, 3.05) is 0 Å². The summed E-state index contributed by atoms with van der Waals surface area (Å²) in [6.45, 7) is 5.96. The van der Waals surface area contributed by atoms with E-state index in [0.717, 1.165) is 6.42 Å². The molecule has 0 spiro atoms. The van der Waals surface area contributed by atoms with E-state index in [0.29, 0.717) is 0 Å². The van der Waals surface area contributed by atoms with Gasteiger partial charge in [-0.1, -0.05) is 69.8 Å². The molecule has 0 nitrogen and oxygen atoms in total. The molecule has 0 saturated heterocycles. The summed E-state index contributed by atoms with van der Waals surface area (Å²) in [4.78, 5) is 0. The molecule has 0 aliphatic rings. The molecular formula is C17H31. The largest absolute Gasteiger partial charge is 0.0917 e. The molecule has 0 atom stereocenters. The molecule has 0 rings (SSSR count). The first-order chi connectivity index (χ1) is 8.41. The molecule has 0 fully saturated rings. The minimum Gasteiger partial charge on any atom is -0.0917 e. The first kappa shape index (κ1) is 16.5. The Kier molecular flexibility index (Phi) is 15.0. The molecule has 0 aliphatic carbocycles. The van der Waals surface area contributed by atoms with Crippen LogP contribution in [0.4, 0.5) is 0 Å². The zero-order valence-electron chi connectivity index (χ0n) is 11.8. The van der Waals surface area contributed by atoms with Gasteiger partial charge in [-0.05, 0) is 39.0 Å². The van der Waals surface area contributed by atoms with Crippen molar-refractivity contribution < 1.29 is 0 Å². The second-order valence-electron chi connectivity index (χ2n) is 4.73. The molecule has 0 aromatic heterocycles. The summed E-state index contributed by atoms with van der Waals surface area (Å²) in [5, 5.41) is 0. The van der Waals surface area contributed by atoms with Crippen LogP contribution in [-0.2, 0) is 0 Å². The van der Waals surface area contributed by atoms with E-state index in [1.54, 1.807) is 0 Å². The highest BCUT2D eigenvalue weighted by molar-refractivity contribution is 4.83. The first-order valence-corrected chi connectivity index (χ1v) is 7.47. The van der Waals surface area contributed by atoms with E-state index in [9.17, 15) is 0 Å². The van der Waals surface area contributed by atoms with Crippen LogP contribution in [-0.4, -0.2) is 0 Å². The molecule has 17 heavy (non-hydrogen) atoms. The fourth-order valence-electron chi connectivity index (χ4n) is 1.90. The topological polar surface area (TPSA) is 0 Å². The maximum absolute atomic E-state index is 3.87. The first-order valence-electron chi connectivity index (χ1n) is 7.47. The van der Waals surface area contributed by atoms with Crippen LogP contribution in [0.1, 0.15) is 77.6 Å². The third-order valence-corrected chi connectivity index (χ3v) is 3.01. The van der Waals surface area contributed by atoms with Crippen LogP contribution in [0.5, 0.6) is 0 Å². The second-order valence-corrected chi connectivity index (χ2v) is 4.73. The fourth-order valence-corrected chi connectivity index (χ4v) is 1.90. The molecule has 99 valence electrons. The van der Waals surface area contributed by atoms with Crippen molar-refractivity contribution in [1.82, 2.24) is 0 Å². The Labute approximate surface area is 109 Å². The summed E-state index contributed by atoms with van der Waals surface area (Å²) in [6, 6.07) is 0. The van der Waals surface area contributed by atoms with Crippen LogP contribution < -0.4 is 0 Å². The van der Waals surface area contributed by atoms with Crippen LogP contribution in [0.25, 0.3) is 0 Å². The van der Waals surface area contributed by atoms with E-state index in [1.165, 1.54) is 64.2 Å². The standard InChI is InChI=1S/C17H31/c1-3-5-7-9-11-13-15-17-16-14-12-10-8-6-4-2/h4,6,14,16H,1,3,5,7-13,15,17H2,2H3. The number of hydrogen-bond acceptors (Lipinski definition) is 0. The summed E-state index contributed by atoms with van der Waals surface area (Å²) in [5.41, 5.74) is 0. The lowest BCUT2D eigenvalue weighted by Crippen LogP contribution is -1.79. The molecule has 0 aromatic rings. The van der Waals surface area contributed by atoms with E-state index >= 15 is 0 Å². The SMILES string of the molecule is [CH2]CCCCCCCCC=CCCCC=CC. The van der Waals surface area contributed by atoms with Crippen LogP contribution in [0, 0.1) is 6.92 Å². The third-order valence-electron chi connectivity index (χ3n) is 3.01. The van der Waals surface area contributed by atoms with Crippen molar-refractivity contribution in [3.05, 3.63) is 31.2 Å². The normalized spacial score (nSPS) is 11.9. The number of rotatable bonds is 12. The molecule has 0 aromatic carbocycles. The Morgan fingerprint density at radius 3 is 1.82 bits per heavy atom. The molecule has 0 aliphatic heterocycles. The molecule has 0 amide bonds. The van der Waals surface area contributed by atoms with Crippen molar-refractivity contribution in [2.24, 2.45) is 0 Å². The van der Waals surface area contributed by atoms with Crippen molar-refractivity contribution in [1.29, 1.82) is 0 Å². The minimum absolute atomic E-state index is 1.11. The molecule has 0 unspecified atom stereocenters. The van der Waals surface area contributed by atoms with Crippen LogP contribution in [0.2, 0.25) is 0 Å². The quantitative estimate of drug-likeness (QED) is 0.277. The van der Waals surface area contributed by atoms with E-state index in [4.69, 9.17) is 0 Å². The lowest BCUT2D eigenvalue weighted by atomic mass is 10.1. The minimum atomic E-state index is 1.11. The number of hydrogen-bond donors (Lipinski definition) is 0. The Balaban J connectivity index is 3.03. The maximum atomic E-state index is 3.87. The molecular weight excluding hydrogens is 204 g/mol. The van der Waals surface area contributed by atoms with E-state index in [-0.39, 0.29) is 0 Å². The molecule has 0 N–H and O–H groups in total. The van der Waals surface area contributed by atoms with Crippen molar-refractivity contribution in [2.45, 2.75) is 77.6 Å². The van der Waals surface area contributed by atoms with Crippen LogP contribution >= 0.6 is 0 Å². The number of unbranched alkanes of at least 4 members (excludes halogenated alkanes) is 9. The van der Waals surface area contributed by atoms with Crippen molar-refractivity contribution in [3.63, 3.8) is 0 Å². The van der Waals surface area contributed by atoms with Gasteiger partial charge in [0.1, 0.15) is 0 Å². The van der Waals surface area contributed by atoms with Gasteiger partial charge in [-0.2, -0.15) is 0 Å². The van der Waals surface area contributed by atoms with Gasteiger partial charge < -0.3 is 0 Å². The summed E-state index contributed by atoms with van der Waals surface area (Å²) in [7, 11) is 0. The van der Waals surface area contributed by atoms with Crippen LogP contribution in [0.15, 0.2) is 24.3 Å². The maximum Gasteiger partial charge on any atom is -0.0348 e. The lowest BCUT2D eigenvalue weighted by Gasteiger charge is -1.98. The van der Waals surface area contributed by atoms with Crippen molar-refractivity contribution in [3.8, 4) is 0 Å². The monoisotopic (exact) mass is 235 g/mol. The summed E-state index contributed by atoms with van der Waals surface area (Å²) in [5.74, 6) is 0. The van der Waals surface area contributed by atoms with Gasteiger partial charge in [0.05, 0.1) is 0 Å². The zero-order valence-corrected chi connectivity index (χ0v) is 11.8. The average molecular weight is 235 g/mol. The second kappa shape index (κ2) is 15.5. The Morgan fingerprint density at radius 2 is 1.18 bits per heavy atom. The predicted molar refractivity (Wildman–Crippen MR) is 80.1 cm³/mol. The van der Waals surface area contributed by atoms with E-state index in [1.807, 2.05) is 0 Å². The highest BCUT2D eigenvalue weighted by atomic mass is 14.0. The highest BCUT2D eigenvalue weighted by Crippen LogP contribution is 2.08. The predicted octanol–water partition coefficient (Wildman–Crippen LogP) is 6.24. The third kappa shape index (κ3) is 15.5.